The molecule has 0 radical (unpaired) electrons. The fraction of sp³-hybridized carbons (Fsp3) is 0.476. The number of para-hydroxylation sites is 1. The monoisotopic (exact) mass is 401 g/mol. The zero-order chi connectivity index (χ0) is 21.3. The highest BCUT2D eigenvalue weighted by molar-refractivity contribution is 5.99. The lowest BCUT2D eigenvalue weighted by Gasteiger charge is -2.26. The molecule has 0 aromatic heterocycles. The molecule has 0 saturated carbocycles. The third-order valence-electron chi connectivity index (χ3n) is 5.33. The average molecular weight is 401 g/mol. The third kappa shape index (κ3) is 3.98. The Kier molecular flexibility index (Phi) is 5.93. The van der Waals surface area contributed by atoms with Crippen LogP contribution in [0.3, 0.4) is 0 Å². The van der Waals surface area contributed by atoms with E-state index in [-0.39, 0.29) is 52.5 Å². The van der Waals surface area contributed by atoms with Crippen molar-refractivity contribution in [1.82, 2.24) is 4.90 Å². The van der Waals surface area contributed by atoms with Gasteiger partial charge in [0.15, 0.2) is 5.75 Å². The number of carbonyl (C=O) groups excluding carboxylic acids is 1. The van der Waals surface area contributed by atoms with E-state index in [9.17, 15) is 19.5 Å². The van der Waals surface area contributed by atoms with E-state index in [4.69, 9.17) is 4.74 Å². The molecule has 8 nitrogen and oxygen atoms in total. The topological polar surface area (TPSA) is 108 Å². The Morgan fingerprint density at radius 2 is 1.93 bits per heavy atom. The number of phenolic OH excluding ortho intramolecular Hbond substituents is 1. The Morgan fingerprint density at radius 1 is 1.24 bits per heavy atom. The first-order chi connectivity index (χ1) is 13.7. The number of benzene rings is 1. The molecule has 3 atom stereocenters. The van der Waals surface area contributed by atoms with Gasteiger partial charge in [0.25, 0.3) is 16.8 Å². The number of hydrogen-bond acceptors (Lipinski definition) is 7. The van der Waals surface area contributed by atoms with Crippen molar-refractivity contribution in [2.24, 2.45) is 0 Å². The first kappa shape index (κ1) is 20.9. The molecule has 1 amide bonds. The van der Waals surface area contributed by atoms with Crippen LogP contribution in [-0.2, 0) is 4.74 Å². The maximum atomic E-state index is 12.2. The second-order valence-corrected chi connectivity index (χ2v) is 7.66. The van der Waals surface area contributed by atoms with Crippen LogP contribution in [0, 0.1) is 0 Å². The molecule has 156 valence electrons. The van der Waals surface area contributed by atoms with E-state index < -0.39 is 10.9 Å². The minimum atomic E-state index is -0.660. The summed E-state index contributed by atoms with van der Waals surface area (Å²) in [5, 5.41) is 16.5. The molecule has 0 bridgehead atoms. The molecular formula is C21H27N3O5. The first-order valence-electron chi connectivity index (χ1n) is 9.80. The van der Waals surface area contributed by atoms with E-state index in [1.54, 1.807) is 26.2 Å². The van der Waals surface area contributed by atoms with E-state index in [1.165, 1.54) is 11.0 Å². The van der Waals surface area contributed by atoms with E-state index in [0.717, 1.165) is 19.3 Å². The quantitative estimate of drug-likeness (QED) is 0.482. The lowest BCUT2D eigenvalue weighted by molar-refractivity contribution is 0.0438. The second kappa shape index (κ2) is 8.24. The van der Waals surface area contributed by atoms with Crippen molar-refractivity contribution in [1.29, 1.82) is 0 Å². The number of aromatic hydroxyl groups is 1. The van der Waals surface area contributed by atoms with Gasteiger partial charge in [0, 0.05) is 14.1 Å². The number of phenols is 1. The molecule has 3 N–H and O–H groups in total. The molecule has 1 heterocycles. The van der Waals surface area contributed by atoms with Crippen molar-refractivity contribution in [2.75, 3.05) is 24.7 Å². The fourth-order valence-electron chi connectivity index (χ4n) is 3.61. The Labute approximate surface area is 169 Å². The highest BCUT2D eigenvalue weighted by Gasteiger charge is 2.32. The van der Waals surface area contributed by atoms with Crippen molar-refractivity contribution in [3.8, 4) is 5.75 Å². The van der Waals surface area contributed by atoms with Gasteiger partial charge in [-0.3, -0.25) is 14.4 Å². The molecule has 1 aliphatic rings. The van der Waals surface area contributed by atoms with Gasteiger partial charge < -0.3 is 25.4 Å². The molecule has 0 spiro atoms. The zero-order valence-electron chi connectivity index (χ0n) is 17.1. The van der Waals surface area contributed by atoms with Crippen molar-refractivity contribution in [3.05, 3.63) is 44.2 Å². The maximum absolute atomic E-state index is 12.2. The molecule has 3 rings (SSSR count). The van der Waals surface area contributed by atoms with Gasteiger partial charge in [-0.2, -0.15) is 0 Å². The number of ether oxygens (including phenoxy) is 1. The van der Waals surface area contributed by atoms with E-state index in [1.807, 2.05) is 13.8 Å². The third-order valence-corrected chi connectivity index (χ3v) is 5.33. The minimum absolute atomic E-state index is 0.0262. The molecule has 29 heavy (non-hydrogen) atoms. The summed E-state index contributed by atoms with van der Waals surface area (Å²) in [5.74, 6) is -0.641. The zero-order valence-corrected chi connectivity index (χ0v) is 17.1. The SMILES string of the molecule is CC[C@@H](Nc1c(Nc2cccc(C(=O)N(C)C)c2O)c(=O)c1=O)[C@H]1CC[C@H](C)O1. The van der Waals surface area contributed by atoms with Gasteiger partial charge in [0.05, 0.1) is 29.5 Å². The number of rotatable bonds is 7. The van der Waals surface area contributed by atoms with E-state index >= 15 is 0 Å². The second-order valence-electron chi connectivity index (χ2n) is 7.66. The Hall–Kier alpha value is -2.87. The number of amides is 1. The van der Waals surface area contributed by atoms with Crippen LogP contribution in [0.25, 0.3) is 0 Å². The predicted molar refractivity (Wildman–Crippen MR) is 112 cm³/mol. The van der Waals surface area contributed by atoms with E-state index in [2.05, 4.69) is 10.6 Å². The summed E-state index contributed by atoms with van der Waals surface area (Å²) >= 11 is 0. The molecule has 1 aliphatic heterocycles. The molecule has 1 fully saturated rings. The minimum Gasteiger partial charge on any atom is -0.505 e. The van der Waals surface area contributed by atoms with Gasteiger partial charge in [-0.05, 0) is 38.3 Å². The van der Waals surface area contributed by atoms with Gasteiger partial charge in [0.2, 0.25) is 0 Å². The molecule has 2 aromatic rings. The standard InChI is InChI=1S/C21H27N3O5/c1-5-13(15-10-9-11(2)29-15)22-16-17(20(27)19(16)26)23-14-8-6-7-12(18(14)25)21(28)24(3)4/h6-8,11,13,15,22-23,25H,5,9-10H2,1-4H3/t11-,13+,15+/m0/s1. The first-order valence-corrected chi connectivity index (χ1v) is 9.80. The molecule has 0 unspecified atom stereocenters. The number of nitrogens with zero attached hydrogens (tertiary/aromatic N) is 1. The van der Waals surface area contributed by atoms with Crippen LogP contribution in [0.1, 0.15) is 43.5 Å². The van der Waals surface area contributed by atoms with Crippen LogP contribution >= 0.6 is 0 Å². The molecule has 2 aromatic carbocycles. The highest BCUT2D eigenvalue weighted by Crippen LogP contribution is 2.33. The van der Waals surface area contributed by atoms with Crippen molar-refractivity contribution >= 4 is 23.0 Å². The van der Waals surface area contributed by atoms with Crippen LogP contribution in [0.5, 0.6) is 5.75 Å². The molecular weight excluding hydrogens is 374 g/mol. The van der Waals surface area contributed by atoms with Crippen LogP contribution in [0.15, 0.2) is 27.8 Å². The molecule has 8 heteroatoms. The normalized spacial score (nSPS) is 19.9. The number of anilines is 3. The Bertz CT molecular complexity index is 977. The van der Waals surface area contributed by atoms with Gasteiger partial charge in [-0.1, -0.05) is 13.0 Å². The Morgan fingerprint density at radius 3 is 2.52 bits per heavy atom. The van der Waals surface area contributed by atoms with Gasteiger partial charge in [-0.15, -0.1) is 0 Å². The predicted octanol–water partition coefficient (Wildman–Crippen LogP) is 2.19. The number of hydrogen-bond donors (Lipinski definition) is 3. The highest BCUT2D eigenvalue weighted by atomic mass is 16.5. The summed E-state index contributed by atoms with van der Waals surface area (Å²) in [6.45, 7) is 4.01. The van der Waals surface area contributed by atoms with Crippen LogP contribution in [0.2, 0.25) is 0 Å². The Balaban J connectivity index is 1.84. The average Bonchev–Trinajstić information content (AvgIpc) is 3.13. The fourth-order valence-corrected chi connectivity index (χ4v) is 3.61. The van der Waals surface area contributed by atoms with Crippen molar-refractivity contribution in [3.63, 3.8) is 0 Å². The van der Waals surface area contributed by atoms with Gasteiger partial charge in [0.1, 0.15) is 11.4 Å². The summed E-state index contributed by atoms with van der Waals surface area (Å²) in [5.41, 5.74) is -0.693. The van der Waals surface area contributed by atoms with Crippen molar-refractivity contribution in [2.45, 2.75) is 51.4 Å². The number of nitrogens with one attached hydrogen (secondary N) is 2. The number of carbonyl (C=O) groups is 1. The van der Waals surface area contributed by atoms with Gasteiger partial charge >= 0.3 is 0 Å². The van der Waals surface area contributed by atoms with Gasteiger partial charge in [-0.25, -0.2) is 0 Å². The van der Waals surface area contributed by atoms with E-state index in [0.29, 0.717) is 0 Å². The lowest BCUT2D eigenvalue weighted by Crippen LogP contribution is -2.42. The van der Waals surface area contributed by atoms with Crippen LogP contribution in [-0.4, -0.2) is 48.3 Å². The molecule has 1 saturated heterocycles. The maximum Gasteiger partial charge on any atom is 0.257 e. The summed E-state index contributed by atoms with van der Waals surface area (Å²) in [7, 11) is 3.16. The summed E-state index contributed by atoms with van der Waals surface area (Å²) in [6, 6.07) is 4.54. The summed E-state index contributed by atoms with van der Waals surface area (Å²) < 4.78 is 5.90. The summed E-state index contributed by atoms with van der Waals surface area (Å²) in [4.78, 5) is 37.9. The lowest BCUT2D eigenvalue weighted by atomic mass is 10.0. The van der Waals surface area contributed by atoms with Crippen LogP contribution in [0.4, 0.5) is 17.1 Å². The van der Waals surface area contributed by atoms with Crippen molar-refractivity contribution < 1.29 is 14.6 Å². The summed E-state index contributed by atoms with van der Waals surface area (Å²) in [6.07, 6.45) is 2.73. The largest absolute Gasteiger partial charge is 0.505 e. The molecule has 0 aliphatic carbocycles. The van der Waals surface area contributed by atoms with Crippen LogP contribution < -0.4 is 21.5 Å². The smallest absolute Gasteiger partial charge is 0.257 e.